The lowest BCUT2D eigenvalue weighted by molar-refractivity contribution is 0.0741. The highest BCUT2D eigenvalue weighted by atomic mass is 35.5. The molecule has 1 aliphatic heterocycles. The predicted octanol–water partition coefficient (Wildman–Crippen LogP) is 5.75. The zero-order valence-corrected chi connectivity index (χ0v) is 15.6. The van der Waals surface area contributed by atoms with Crippen molar-refractivity contribution in [1.82, 2.24) is 4.90 Å². The fourth-order valence-electron chi connectivity index (χ4n) is 3.63. The van der Waals surface area contributed by atoms with Crippen molar-refractivity contribution >= 4 is 28.8 Å². The molecule has 1 saturated heterocycles. The van der Waals surface area contributed by atoms with Gasteiger partial charge in [0, 0.05) is 6.54 Å². The van der Waals surface area contributed by atoms with Crippen molar-refractivity contribution in [3.63, 3.8) is 0 Å². The van der Waals surface area contributed by atoms with Gasteiger partial charge in [-0.1, -0.05) is 48.0 Å². The van der Waals surface area contributed by atoms with Gasteiger partial charge in [-0.3, -0.25) is 4.79 Å². The summed E-state index contributed by atoms with van der Waals surface area (Å²) in [5.74, 6) is 0.236. The largest absolute Gasteiger partial charge is 0.508 e. The molecule has 3 nitrogen and oxygen atoms in total. The lowest BCUT2D eigenvalue weighted by Crippen LogP contribution is -2.30. The molecule has 1 atom stereocenters. The molecule has 2 aromatic carbocycles. The maximum atomic E-state index is 13.0. The highest BCUT2D eigenvalue weighted by Crippen LogP contribution is 2.40. The maximum Gasteiger partial charge on any atom is 0.265 e. The van der Waals surface area contributed by atoms with Gasteiger partial charge in [-0.15, -0.1) is 11.3 Å². The number of thiophene rings is 1. The van der Waals surface area contributed by atoms with E-state index in [-0.39, 0.29) is 17.7 Å². The third-order valence-electron chi connectivity index (χ3n) is 4.80. The van der Waals surface area contributed by atoms with E-state index in [0.717, 1.165) is 36.1 Å². The van der Waals surface area contributed by atoms with Crippen molar-refractivity contribution in [2.75, 3.05) is 6.54 Å². The number of aromatic hydroxyl groups is 1. The number of hydrogen-bond donors (Lipinski definition) is 1. The highest BCUT2D eigenvalue weighted by Gasteiger charge is 2.33. The highest BCUT2D eigenvalue weighted by molar-refractivity contribution is 7.12. The number of likely N-dealkylation sites (tertiary alicyclic amines) is 1. The topological polar surface area (TPSA) is 40.5 Å². The Hall–Kier alpha value is -2.30. The van der Waals surface area contributed by atoms with Crippen LogP contribution in [-0.4, -0.2) is 22.5 Å². The molecule has 26 heavy (non-hydrogen) atoms. The predicted molar refractivity (Wildman–Crippen MR) is 106 cm³/mol. The fourth-order valence-corrected chi connectivity index (χ4v) is 4.72. The monoisotopic (exact) mass is 383 g/mol. The van der Waals surface area contributed by atoms with E-state index >= 15 is 0 Å². The van der Waals surface area contributed by atoms with Crippen molar-refractivity contribution in [3.8, 4) is 16.9 Å². The van der Waals surface area contributed by atoms with E-state index in [1.165, 1.54) is 11.3 Å². The van der Waals surface area contributed by atoms with Gasteiger partial charge in [-0.2, -0.15) is 0 Å². The molecule has 1 aliphatic rings. The zero-order chi connectivity index (χ0) is 18.1. The minimum absolute atomic E-state index is 0.00166. The number of benzene rings is 2. The van der Waals surface area contributed by atoms with Crippen LogP contribution < -0.4 is 0 Å². The van der Waals surface area contributed by atoms with Gasteiger partial charge in [-0.05, 0) is 53.1 Å². The van der Waals surface area contributed by atoms with Crippen molar-refractivity contribution in [2.24, 2.45) is 0 Å². The summed E-state index contributed by atoms with van der Waals surface area (Å²) in [6.45, 7) is 0.728. The second kappa shape index (κ2) is 7.14. The molecule has 1 aromatic heterocycles. The first-order chi connectivity index (χ1) is 12.6. The van der Waals surface area contributed by atoms with Crippen LogP contribution in [-0.2, 0) is 0 Å². The first-order valence-corrected chi connectivity index (χ1v) is 9.83. The molecule has 0 spiro atoms. The molecular formula is C21H18ClNO2S. The minimum atomic E-state index is -0.00166. The molecule has 0 aliphatic carbocycles. The van der Waals surface area contributed by atoms with Crippen LogP contribution in [0, 0.1) is 0 Å². The van der Waals surface area contributed by atoms with Crippen molar-refractivity contribution in [1.29, 1.82) is 0 Å². The third kappa shape index (κ3) is 3.11. The molecule has 0 bridgehead atoms. The quantitative estimate of drug-likeness (QED) is 0.625. The number of carbonyl (C=O) groups excluding carboxylic acids is 1. The van der Waals surface area contributed by atoms with Crippen molar-refractivity contribution in [2.45, 2.75) is 18.9 Å². The summed E-state index contributed by atoms with van der Waals surface area (Å²) < 4.78 is 0. The summed E-state index contributed by atoms with van der Waals surface area (Å²) >= 11 is 7.57. The molecule has 3 aromatic rings. The maximum absolute atomic E-state index is 13.0. The van der Waals surface area contributed by atoms with Crippen LogP contribution in [0.25, 0.3) is 11.1 Å². The Morgan fingerprint density at radius 3 is 2.77 bits per heavy atom. The summed E-state index contributed by atoms with van der Waals surface area (Å²) in [4.78, 5) is 15.6. The number of halogens is 1. The smallest absolute Gasteiger partial charge is 0.265 e. The van der Waals surface area contributed by atoms with E-state index < -0.39 is 0 Å². The van der Waals surface area contributed by atoms with E-state index in [1.807, 2.05) is 40.6 Å². The lowest BCUT2D eigenvalue weighted by Gasteiger charge is -2.27. The number of amides is 1. The Bertz CT molecular complexity index is 952. The van der Waals surface area contributed by atoms with Gasteiger partial charge < -0.3 is 10.0 Å². The van der Waals surface area contributed by atoms with Gasteiger partial charge in [0.25, 0.3) is 5.91 Å². The van der Waals surface area contributed by atoms with Crippen molar-refractivity contribution < 1.29 is 9.90 Å². The first kappa shape index (κ1) is 17.1. The summed E-state index contributed by atoms with van der Waals surface area (Å²) in [6.07, 6.45) is 1.89. The fraction of sp³-hybridized carbons (Fsp3) is 0.190. The number of phenols is 1. The van der Waals surface area contributed by atoms with Gasteiger partial charge in [0.05, 0.1) is 11.1 Å². The number of phenolic OH excluding ortho intramolecular Hbond substituents is 1. The van der Waals surface area contributed by atoms with Gasteiger partial charge >= 0.3 is 0 Å². The summed E-state index contributed by atoms with van der Waals surface area (Å²) in [5, 5.41) is 12.2. The number of rotatable bonds is 3. The van der Waals surface area contributed by atoms with E-state index in [4.69, 9.17) is 11.6 Å². The number of nitrogens with zero attached hydrogens (tertiary/aromatic N) is 1. The Morgan fingerprint density at radius 2 is 2.00 bits per heavy atom. The van der Waals surface area contributed by atoms with Gasteiger partial charge in [0.1, 0.15) is 10.6 Å². The second-order valence-electron chi connectivity index (χ2n) is 6.39. The van der Waals surface area contributed by atoms with Crippen LogP contribution in [0.1, 0.15) is 34.1 Å². The van der Waals surface area contributed by atoms with E-state index in [1.54, 1.807) is 18.2 Å². The minimum Gasteiger partial charge on any atom is -0.508 e. The molecular weight excluding hydrogens is 366 g/mol. The van der Waals surface area contributed by atoms with Crippen LogP contribution in [0.5, 0.6) is 5.75 Å². The normalized spacial score (nSPS) is 16.8. The average Bonchev–Trinajstić information content (AvgIpc) is 3.30. The molecule has 2 heterocycles. The molecule has 1 fully saturated rings. The molecule has 5 heteroatoms. The summed E-state index contributed by atoms with van der Waals surface area (Å²) in [6, 6.07) is 17.1. The number of carbonyl (C=O) groups is 1. The van der Waals surface area contributed by atoms with Crippen LogP contribution in [0.3, 0.4) is 0 Å². The van der Waals surface area contributed by atoms with Gasteiger partial charge in [-0.25, -0.2) is 0 Å². The molecule has 1 amide bonds. The Labute approximate surface area is 161 Å². The van der Waals surface area contributed by atoms with Crippen molar-refractivity contribution in [3.05, 3.63) is 75.4 Å². The van der Waals surface area contributed by atoms with Gasteiger partial charge in [0.15, 0.2) is 0 Å². The first-order valence-electron chi connectivity index (χ1n) is 8.57. The number of hydrogen-bond acceptors (Lipinski definition) is 3. The third-order valence-corrected chi connectivity index (χ3v) is 6.13. The van der Waals surface area contributed by atoms with E-state index in [0.29, 0.717) is 9.90 Å². The zero-order valence-electron chi connectivity index (χ0n) is 14.1. The summed E-state index contributed by atoms with van der Waals surface area (Å²) in [5.41, 5.74) is 3.11. The molecule has 0 saturated carbocycles. The van der Waals surface area contributed by atoms with Crippen LogP contribution in [0.2, 0.25) is 5.02 Å². The Kier molecular flexibility index (Phi) is 4.70. The molecule has 0 unspecified atom stereocenters. The second-order valence-corrected chi connectivity index (χ2v) is 7.72. The van der Waals surface area contributed by atoms with Gasteiger partial charge in [0.2, 0.25) is 0 Å². The summed E-state index contributed by atoms with van der Waals surface area (Å²) in [7, 11) is 0. The van der Waals surface area contributed by atoms with Crippen LogP contribution >= 0.6 is 22.9 Å². The van der Waals surface area contributed by atoms with Crippen LogP contribution in [0.15, 0.2) is 60.0 Å². The molecule has 132 valence electrons. The molecule has 4 rings (SSSR count). The SMILES string of the molecule is O=C(c1sccc1Cl)N1CCC[C@H]1c1ccccc1-c1cccc(O)c1. The van der Waals surface area contributed by atoms with Crippen LogP contribution in [0.4, 0.5) is 0 Å². The standard InChI is InChI=1S/C21H18ClNO2S/c22-18-10-12-26-20(18)21(25)23-11-4-9-19(23)17-8-2-1-7-16(17)14-5-3-6-15(24)13-14/h1-3,5-8,10,12-13,19,24H,4,9,11H2/t19-/m0/s1. The Morgan fingerprint density at radius 1 is 1.15 bits per heavy atom. The van der Waals surface area contributed by atoms with E-state index in [9.17, 15) is 9.90 Å². The van der Waals surface area contributed by atoms with E-state index in [2.05, 4.69) is 6.07 Å². The average molecular weight is 384 g/mol. The Balaban J connectivity index is 1.73. The molecule has 1 N–H and O–H groups in total. The lowest BCUT2D eigenvalue weighted by atomic mass is 9.93. The molecule has 0 radical (unpaired) electrons.